The molecular weight excluding hydrogens is 765 g/mol. The minimum absolute atomic E-state index is 0.699. The Balaban J connectivity index is 1.15. The van der Waals surface area contributed by atoms with Crippen molar-refractivity contribution in [1.29, 1.82) is 0 Å². The summed E-state index contributed by atoms with van der Waals surface area (Å²) < 4.78 is 5.01. The van der Waals surface area contributed by atoms with E-state index in [1.54, 1.807) is 0 Å². The molecule has 0 aliphatic carbocycles. The van der Waals surface area contributed by atoms with Gasteiger partial charge in [-0.3, -0.25) is 0 Å². The zero-order chi connectivity index (χ0) is 39.6. The summed E-state index contributed by atoms with van der Waals surface area (Å²) in [7, 11) is 0. The third-order valence-corrected chi connectivity index (χ3v) is 14.2. The van der Waals surface area contributed by atoms with Gasteiger partial charge < -0.3 is 0 Å². The third kappa shape index (κ3) is 5.68. The molecule has 0 bridgehead atoms. The molecule has 0 saturated carbocycles. The Morgan fingerprint density at radius 3 is 1.32 bits per heavy atom. The van der Waals surface area contributed by atoms with Gasteiger partial charge in [-0.05, 0) is 56.8 Å². The second-order valence-corrected chi connectivity index (χ2v) is 17.3. The number of benzene rings is 9. The van der Waals surface area contributed by atoms with Crippen LogP contribution in [0.2, 0.25) is 0 Å². The van der Waals surface area contributed by atoms with E-state index in [-0.39, 0.29) is 0 Å². The van der Waals surface area contributed by atoms with Crippen LogP contribution in [-0.4, -0.2) is 9.97 Å². The second-order valence-electron chi connectivity index (χ2n) is 15.2. The molecule has 12 rings (SSSR count). The molecule has 0 spiro atoms. The van der Waals surface area contributed by atoms with Crippen molar-refractivity contribution in [3.8, 4) is 67.3 Å². The second kappa shape index (κ2) is 14.2. The molecule has 0 N–H and O–H groups in total. The molecule has 0 unspecified atom stereocenters. The van der Waals surface area contributed by atoms with Crippen LogP contribution in [0, 0.1) is 0 Å². The lowest BCUT2D eigenvalue weighted by Crippen LogP contribution is -1.99. The molecule has 0 saturated heterocycles. The van der Waals surface area contributed by atoms with Crippen molar-refractivity contribution in [1.82, 2.24) is 9.97 Å². The molecular formula is C56H34N2S2. The SMILES string of the molecule is c1ccc(-c2c(-c3nc(-c4cccc5c4sc4ccccc45)cc(-c4cccc5c4sc4ccccc45)n3)cccc2-c2ccc(-c3ccccc3)c3ccccc23)cc1. The van der Waals surface area contributed by atoms with Crippen LogP contribution in [0.4, 0.5) is 0 Å². The largest absolute Gasteiger partial charge is 0.228 e. The van der Waals surface area contributed by atoms with E-state index >= 15 is 0 Å². The van der Waals surface area contributed by atoms with Gasteiger partial charge in [-0.15, -0.1) is 22.7 Å². The maximum absolute atomic E-state index is 5.58. The summed E-state index contributed by atoms with van der Waals surface area (Å²) in [6.45, 7) is 0. The molecule has 3 heterocycles. The lowest BCUT2D eigenvalue weighted by molar-refractivity contribution is 1.19. The molecule has 9 aromatic carbocycles. The minimum atomic E-state index is 0.699. The first kappa shape index (κ1) is 34.8. The van der Waals surface area contributed by atoms with E-state index in [4.69, 9.17) is 9.97 Å². The highest BCUT2D eigenvalue weighted by atomic mass is 32.1. The van der Waals surface area contributed by atoms with Crippen molar-refractivity contribution >= 4 is 73.8 Å². The van der Waals surface area contributed by atoms with Gasteiger partial charge in [-0.1, -0.05) is 188 Å². The Morgan fingerprint density at radius 1 is 0.283 bits per heavy atom. The minimum Gasteiger partial charge on any atom is -0.228 e. The molecule has 0 amide bonds. The van der Waals surface area contributed by atoms with Crippen LogP contribution in [0.5, 0.6) is 0 Å². The fraction of sp³-hybridized carbons (Fsp3) is 0. The number of hydrogen-bond donors (Lipinski definition) is 0. The first-order valence-corrected chi connectivity index (χ1v) is 21.9. The van der Waals surface area contributed by atoms with E-state index in [1.165, 1.54) is 67.8 Å². The number of aromatic nitrogens is 2. The normalized spacial score (nSPS) is 11.7. The van der Waals surface area contributed by atoms with Gasteiger partial charge in [-0.25, -0.2) is 9.97 Å². The first-order valence-electron chi connectivity index (χ1n) is 20.2. The fourth-order valence-corrected chi connectivity index (χ4v) is 11.5. The van der Waals surface area contributed by atoms with Crippen LogP contribution in [0.15, 0.2) is 206 Å². The summed E-state index contributed by atoms with van der Waals surface area (Å²) >= 11 is 3.67. The van der Waals surface area contributed by atoms with E-state index in [0.717, 1.165) is 44.8 Å². The molecule has 60 heavy (non-hydrogen) atoms. The molecule has 0 fully saturated rings. The fourth-order valence-electron chi connectivity index (χ4n) is 9.02. The van der Waals surface area contributed by atoms with Crippen molar-refractivity contribution in [2.24, 2.45) is 0 Å². The Hall–Kier alpha value is -7.24. The summed E-state index contributed by atoms with van der Waals surface area (Å²) in [6, 6.07) is 74.3. The monoisotopic (exact) mass is 798 g/mol. The highest BCUT2D eigenvalue weighted by Gasteiger charge is 2.22. The topological polar surface area (TPSA) is 25.8 Å². The Labute approximate surface area is 355 Å². The van der Waals surface area contributed by atoms with E-state index in [9.17, 15) is 0 Å². The van der Waals surface area contributed by atoms with E-state index < -0.39 is 0 Å². The molecule has 12 aromatic rings. The van der Waals surface area contributed by atoms with Gasteiger partial charge in [0, 0.05) is 62.6 Å². The lowest BCUT2D eigenvalue weighted by Gasteiger charge is -2.19. The van der Waals surface area contributed by atoms with Gasteiger partial charge in [0.05, 0.1) is 11.4 Å². The van der Waals surface area contributed by atoms with Crippen LogP contribution in [0.25, 0.3) is 118 Å². The standard InChI is InChI=1S/C56H34N2S2/c1-3-16-35(17-4-1)37-32-33-40(39-21-8-7-20-38(37)39)43-24-13-29-48(53(43)36-18-5-2-6-19-36)56-57-49(46-27-14-25-44-41-22-9-11-30-51(41)59-54(44)46)34-50(58-56)47-28-15-26-45-42-23-10-12-31-52(42)60-55(45)47/h1-34H. The van der Waals surface area contributed by atoms with Crippen molar-refractivity contribution in [3.05, 3.63) is 206 Å². The number of rotatable bonds is 6. The first-order chi connectivity index (χ1) is 29.8. The van der Waals surface area contributed by atoms with Crippen LogP contribution in [0.1, 0.15) is 0 Å². The quantitative estimate of drug-likeness (QED) is 0.167. The average Bonchev–Trinajstić information content (AvgIpc) is 3.90. The van der Waals surface area contributed by atoms with Gasteiger partial charge in [0.15, 0.2) is 5.82 Å². The Kier molecular flexibility index (Phi) is 8.25. The van der Waals surface area contributed by atoms with Crippen molar-refractivity contribution in [2.45, 2.75) is 0 Å². The molecule has 0 aliphatic rings. The van der Waals surface area contributed by atoms with E-state index in [2.05, 4.69) is 206 Å². The summed E-state index contributed by atoms with van der Waals surface area (Å²) in [6.07, 6.45) is 0. The van der Waals surface area contributed by atoms with Gasteiger partial charge in [0.2, 0.25) is 0 Å². The van der Waals surface area contributed by atoms with Crippen molar-refractivity contribution < 1.29 is 0 Å². The Bertz CT molecular complexity index is 3470. The predicted molar refractivity (Wildman–Crippen MR) is 258 cm³/mol. The van der Waals surface area contributed by atoms with Gasteiger partial charge in [-0.2, -0.15) is 0 Å². The lowest BCUT2D eigenvalue weighted by atomic mass is 9.86. The van der Waals surface area contributed by atoms with Crippen LogP contribution in [0.3, 0.4) is 0 Å². The number of nitrogens with zero attached hydrogens (tertiary/aromatic N) is 2. The molecule has 2 nitrogen and oxygen atoms in total. The zero-order valence-corrected chi connectivity index (χ0v) is 34.0. The van der Waals surface area contributed by atoms with Gasteiger partial charge in [0.1, 0.15) is 0 Å². The Morgan fingerprint density at radius 2 is 0.717 bits per heavy atom. The average molecular weight is 799 g/mol. The summed E-state index contributed by atoms with van der Waals surface area (Å²) in [5.41, 5.74) is 12.0. The molecule has 0 aliphatic heterocycles. The van der Waals surface area contributed by atoms with Crippen molar-refractivity contribution in [2.75, 3.05) is 0 Å². The summed E-state index contributed by atoms with van der Waals surface area (Å²) in [5.74, 6) is 0.699. The maximum atomic E-state index is 5.58. The molecule has 280 valence electrons. The number of hydrogen-bond acceptors (Lipinski definition) is 4. The predicted octanol–water partition coefficient (Wildman–Crippen LogP) is 16.4. The summed E-state index contributed by atoms with van der Waals surface area (Å²) in [5, 5.41) is 7.47. The van der Waals surface area contributed by atoms with Crippen LogP contribution < -0.4 is 0 Å². The molecule has 4 heteroatoms. The molecule has 0 atom stereocenters. The molecule has 3 aromatic heterocycles. The van der Waals surface area contributed by atoms with Crippen LogP contribution in [-0.2, 0) is 0 Å². The van der Waals surface area contributed by atoms with Crippen molar-refractivity contribution in [3.63, 3.8) is 0 Å². The summed E-state index contributed by atoms with van der Waals surface area (Å²) in [4.78, 5) is 11.2. The van der Waals surface area contributed by atoms with E-state index in [0.29, 0.717) is 5.82 Å². The maximum Gasteiger partial charge on any atom is 0.161 e. The van der Waals surface area contributed by atoms with Crippen LogP contribution >= 0.6 is 22.7 Å². The highest BCUT2D eigenvalue weighted by Crippen LogP contribution is 2.46. The van der Waals surface area contributed by atoms with Gasteiger partial charge in [0.25, 0.3) is 0 Å². The zero-order valence-electron chi connectivity index (χ0n) is 32.3. The smallest absolute Gasteiger partial charge is 0.161 e. The van der Waals surface area contributed by atoms with E-state index in [1.807, 2.05) is 22.7 Å². The number of thiophene rings is 2. The highest BCUT2D eigenvalue weighted by molar-refractivity contribution is 7.26. The number of fused-ring (bicyclic) bond motifs is 7. The third-order valence-electron chi connectivity index (χ3n) is 11.8. The van der Waals surface area contributed by atoms with Gasteiger partial charge >= 0.3 is 0 Å². The molecule has 0 radical (unpaired) electrons.